The first-order chi connectivity index (χ1) is 18.6. The lowest BCUT2D eigenvalue weighted by molar-refractivity contribution is -0.869. The number of nitrogens with one attached hydrogen (secondary N) is 1. The van der Waals surface area contributed by atoms with E-state index in [9.17, 15) is 83.1 Å². The van der Waals surface area contributed by atoms with Gasteiger partial charge >= 0.3 is 42.2 Å². The second kappa shape index (κ2) is 11.4. The van der Waals surface area contributed by atoms with Gasteiger partial charge in [-0.15, -0.1) is 0 Å². The Bertz CT molecular complexity index is 1200. The van der Waals surface area contributed by atoms with Crippen LogP contribution in [0.2, 0.25) is 0 Å². The molecule has 0 radical (unpaired) electrons. The molecule has 1 rings (SSSR count). The first-order valence-corrected chi connectivity index (χ1v) is 12.2. The zero-order valence-electron chi connectivity index (χ0n) is 21.2. The standard InChI is InChI=1S/C20H18F17N2O3S/c1-39(2,3)9-8-38-43(40,41)11-6-4-10(5-7-11)42-13(16(23,24)25)12(14(21,17(26,27)28)18(29,30)31)15(22,19(32,33)34)20(35,36)37/h4-7,38H,8-9H2,1-3H3/q+1. The van der Waals surface area contributed by atoms with Gasteiger partial charge in [0.2, 0.25) is 15.8 Å². The third-order valence-electron chi connectivity index (χ3n) is 5.16. The smallest absolute Gasteiger partial charge is 0.449 e. The Morgan fingerprint density at radius 1 is 0.674 bits per heavy atom. The first-order valence-electron chi connectivity index (χ1n) is 10.7. The van der Waals surface area contributed by atoms with E-state index >= 15 is 0 Å². The molecule has 0 aromatic heterocycles. The number of hydrogen-bond acceptors (Lipinski definition) is 3. The lowest BCUT2D eigenvalue weighted by Gasteiger charge is -2.41. The van der Waals surface area contributed by atoms with Crippen LogP contribution in [0.5, 0.6) is 5.75 Å². The van der Waals surface area contributed by atoms with Crippen LogP contribution in [0.3, 0.4) is 0 Å². The highest BCUT2D eigenvalue weighted by Crippen LogP contribution is 2.63. The van der Waals surface area contributed by atoms with Crippen LogP contribution in [0.25, 0.3) is 0 Å². The Kier molecular flexibility index (Phi) is 10.2. The number of nitrogens with zero attached hydrogens (tertiary/aromatic N) is 1. The number of ether oxygens (including phenoxy) is 1. The highest BCUT2D eigenvalue weighted by atomic mass is 32.2. The van der Waals surface area contributed by atoms with Crippen molar-refractivity contribution in [1.29, 1.82) is 0 Å². The van der Waals surface area contributed by atoms with Crippen molar-refractivity contribution in [1.82, 2.24) is 4.72 Å². The Morgan fingerprint density at radius 3 is 1.30 bits per heavy atom. The molecule has 0 fully saturated rings. The minimum Gasteiger partial charge on any atom is -0.452 e. The number of halogens is 17. The summed E-state index contributed by atoms with van der Waals surface area (Å²) in [7, 11) is 0.295. The van der Waals surface area contributed by atoms with Crippen LogP contribution >= 0.6 is 0 Å². The van der Waals surface area contributed by atoms with E-state index < -0.39 is 74.2 Å². The SMILES string of the molecule is C[N+](C)(C)CCNS(=O)(=O)c1ccc(OC(=C(C(F)(C(F)(F)F)C(F)(F)F)C(F)(C(F)(F)F)C(F)(F)F)C(F)(F)F)cc1. The summed E-state index contributed by atoms with van der Waals surface area (Å²) in [6.07, 6.45) is -39.9. The van der Waals surface area contributed by atoms with Gasteiger partial charge in [0.05, 0.1) is 44.7 Å². The maximum absolute atomic E-state index is 14.7. The van der Waals surface area contributed by atoms with Crippen molar-refractivity contribution < 1.29 is 92.3 Å². The molecule has 0 heterocycles. The fourth-order valence-electron chi connectivity index (χ4n) is 3.09. The largest absolute Gasteiger partial charge is 0.452 e. The molecule has 0 amide bonds. The van der Waals surface area contributed by atoms with E-state index in [1.54, 1.807) is 21.1 Å². The average molecular weight is 689 g/mol. The predicted octanol–water partition coefficient (Wildman–Crippen LogP) is 6.53. The summed E-state index contributed by atoms with van der Waals surface area (Å²) in [5, 5.41) is 0. The van der Waals surface area contributed by atoms with Gasteiger partial charge in [0, 0.05) is 0 Å². The highest BCUT2D eigenvalue weighted by molar-refractivity contribution is 7.89. The van der Waals surface area contributed by atoms with Crippen molar-refractivity contribution in [3.05, 3.63) is 35.6 Å². The van der Waals surface area contributed by atoms with Crippen LogP contribution < -0.4 is 9.46 Å². The fraction of sp³-hybridized carbons (Fsp3) is 0.600. The van der Waals surface area contributed by atoms with Gasteiger partial charge in [0.25, 0.3) is 0 Å². The predicted molar refractivity (Wildman–Crippen MR) is 110 cm³/mol. The fourth-order valence-corrected chi connectivity index (χ4v) is 4.11. The molecule has 1 N–H and O–H groups in total. The molecule has 0 saturated carbocycles. The summed E-state index contributed by atoms with van der Waals surface area (Å²) >= 11 is 0. The van der Waals surface area contributed by atoms with Crippen LogP contribution in [0.1, 0.15) is 0 Å². The summed E-state index contributed by atoms with van der Waals surface area (Å²) in [5.74, 6) is -6.55. The van der Waals surface area contributed by atoms with Gasteiger partial charge in [0.1, 0.15) is 5.75 Å². The van der Waals surface area contributed by atoms with E-state index in [0.717, 1.165) is 0 Å². The normalized spacial score (nSPS) is 15.0. The minimum atomic E-state index is -8.32. The van der Waals surface area contributed by atoms with Gasteiger partial charge < -0.3 is 9.22 Å². The molecule has 23 heteroatoms. The maximum Gasteiger partial charge on any atom is 0.449 e. The molecule has 1 aromatic rings. The number of allylic oxidation sites excluding steroid dienone is 2. The average Bonchev–Trinajstić information content (AvgIpc) is 2.73. The van der Waals surface area contributed by atoms with Crippen LogP contribution in [-0.2, 0) is 10.0 Å². The zero-order chi connectivity index (χ0) is 34.5. The van der Waals surface area contributed by atoms with Crippen molar-refractivity contribution in [2.24, 2.45) is 0 Å². The number of sulfonamides is 1. The second-order valence-corrected chi connectivity index (χ2v) is 11.3. The monoisotopic (exact) mass is 689 g/mol. The summed E-state index contributed by atoms with van der Waals surface area (Å²) in [4.78, 5) is -0.908. The molecule has 0 saturated heterocycles. The van der Waals surface area contributed by atoms with Crippen molar-refractivity contribution in [2.45, 2.75) is 47.1 Å². The van der Waals surface area contributed by atoms with Gasteiger partial charge in [-0.2, -0.15) is 65.9 Å². The zero-order valence-corrected chi connectivity index (χ0v) is 22.0. The number of hydrogen-bond donors (Lipinski definition) is 1. The van der Waals surface area contributed by atoms with Crippen LogP contribution in [0.4, 0.5) is 74.6 Å². The third-order valence-corrected chi connectivity index (χ3v) is 6.64. The molecule has 0 aliphatic rings. The Morgan fingerprint density at radius 2 is 1.02 bits per heavy atom. The molecule has 5 nitrogen and oxygen atoms in total. The molecule has 1 aromatic carbocycles. The molecule has 250 valence electrons. The van der Waals surface area contributed by atoms with E-state index in [1.807, 2.05) is 4.72 Å². The Labute approximate surface area is 230 Å². The van der Waals surface area contributed by atoms with E-state index in [0.29, 0.717) is 0 Å². The summed E-state index contributed by atoms with van der Waals surface area (Å²) in [6.45, 7) is -0.148. The number of benzene rings is 1. The lowest BCUT2D eigenvalue weighted by Crippen LogP contribution is -2.67. The van der Waals surface area contributed by atoms with Gasteiger partial charge in [-0.1, -0.05) is 0 Å². The van der Waals surface area contributed by atoms with Crippen molar-refractivity contribution in [2.75, 3.05) is 34.2 Å². The van der Waals surface area contributed by atoms with Gasteiger partial charge in [-0.25, -0.2) is 21.9 Å². The Hall–Kier alpha value is -2.56. The lowest BCUT2D eigenvalue weighted by atomic mass is 9.79. The first kappa shape index (κ1) is 38.5. The van der Waals surface area contributed by atoms with Crippen molar-refractivity contribution in [3.63, 3.8) is 0 Å². The maximum atomic E-state index is 14.7. The van der Waals surface area contributed by atoms with Gasteiger partial charge in [-0.3, -0.25) is 0 Å². The van der Waals surface area contributed by atoms with E-state index in [4.69, 9.17) is 0 Å². The van der Waals surface area contributed by atoms with Gasteiger partial charge in [0.15, 0.2) is 0 Å². The molecular weight excluding hydrogens is 671 g/mol. The molecular formula is C20H18F17N2O3S+. The summed E-state index contributed by atoms with van der Waals surface area (Å²) < 4.78 is 260. The molecule has 43 heavy (non-hydrogen) atoms. The molecule has 0 atom stereocenters. The second-order valence-electron chi connectivity index (χ2n) is 9.50. The van der Waals surface area contributed by atoms with E-state index in [1.165, 1.54) is 0 Å². The van der Waals surface area contributed by atoms with E-state index in [-0.39, 0.29) is 41.8 Å². The number of likely N-dealkylation sites (N-methyl/N-ethyl adjacent to an activating group) is 1. The number of rotatable bonds is 9. The summed E-state index contributed by atoms with van der Waals surface area (Å²) in [6, 6.07) is 0.285. The molecule has 0 bridgehead atoms. The van der Waals surface area contributed by atoms with Crippen molar-refractivity contribution >= 4 is 10.0 Å². The third kappa shape index (κ3) is 7.94. The quantitative estimate of drug-likeness (QED) is 0.182. The number of alkyl halides is 17. The number of quaternary nitrogens is 1. The van der Waals surface area contributed by atoms with Crippen LogP contribution in [0.15, 0.2) is 40.5 Å². The molecule has 0 unspecified atom stereocenters. The van der Waals surface area contributed by atoms with Crippen molar-refractivity contribution in [3.8, 4) is 5.75 Å². The van der Waals surface area contributed by atoms with E-state index in [2.05, 4.69) is 4.74 Å². The van der Waals surface area contributed by atoms with Gasteiger partial charge in [-0.05, 0) is 24.3 Å². The molecule has 0 spiro atoms. The highest BCUT2D eigenvalue weighted by Gasteiger charge is 2.88. The topological polar surface area (TPSA) is 55.4 Å². The Balaban J connectivity index is 4.12. The minimum absolute atomic E-state index is 0.0695. The molecule has 0 aliphatic carbocycles. The van der Waals surface area contributed by atoms with Crippen LogP contribution in [0, 0.1) is 0 Å². The van der Waals surface area contributed by atoms with Crippen LogP contribution in [-0.4, -0.2) is 89.4 Å². The summed E-state index contributed by atoms with van der Waals surface area (Å²) in [5.41, 5.74) is -22.3. The molecule has 0 aliphatic heterocycles.